The average molecular weight is 358 g/mol. The monoisotopic (exact) mass is 358 g/mol. The molecule has 0 aromatic carbocycles. The van der Waals surface area contributed by atoms with Crippen LogP contribution in [0.4, 0.5) is 13.2 Å². The highest BCUT2D eigenvalue weighted by Crippen LogP contribution is 2.69. The van der Waals surface area contributed by atoms with E-state index in [1.165, 1.54) is 5.57 Å². The van der Waals surface area contributed by atoms with Crippen molar-refractivity contribution < 1.29 is 23.4 Å². The molecule has 5 heteroatoms. The molecule has 7 atom stereocenters. The Balaban J connectivity index is 1.69. The number of hydrogen-bond acceptors (Lipinski definition) is 2. The van der Waals surface area contributed by atoms with Crippen LogP contribution in [0.15, 0.2) is 11.6 Å². The smallest absolute Gasteiger partial charge is 0.393 e. The summed E-state index contributed by atoms with van der Waals surface area (Å²) in [5, 5.41) is 20.6. The van der Waals surface area contributed by atoms with Crippen LogP contribution in [0.5, 0.6) is 0 Å². The maximum Gasteiger partial charge on any atom is 0.417 e. The third kappa shape index (κ3) is 2.17. The van der Waals surface area contributed by atoms with E-state index in [1.54, 1.807) is 6.92 Å². The van der Waals surface area contributed by atoms with E-state index >= 15 is 0 Å². The molecule has 25 heavy (non-hydrogen) atoms. The van der Waals surface area contributed by atoms with Crippen molar-refractivity contribution in [3.8, 4) is 0 Å². The zero-order chi connectivity index (χ0) is 18.3. The van der Waals surface area contributed by atoms with Crippen LogP contribution in [0.1, 0.15) is 65.2 Å². The molecule has 142 valence electrons. The number of hydrogen-bond donors (Lipinski definition) is 2. The molecule has 2 nitrogen and oxygen atoms in total. The minimum atomic E-state index is -4.56. The van der Waals surface area contributed by atoms with E-state index in [2.05, 4.69) is 13.0 Å². The lowest BCUT2D eigenvalue weighted by molar-refractivity contribution is -0.302. The highest BCUT2D eigenvalue weighted by atomic mass is 19.4. The molecule has 4 aliphatic carbocycles. The van der Waals surface area contributed by atoms with Crippen LogP contribution in [0.2, 0.25) is 0 Å². The van der Waals surface area contributed by atoms with Gasteiger partial charge in [0, 0.05) is 5.41 Å². The summed E-state index contributed by atoms with van der Waals surface area (Å²) in [4.78, 5) is 0. The van der Waals surface area contributed by atoms with Crippen molar-refractivity contribution in [2.75, 3.05) is 0 Å². The Bertz CT molecular complexity index is 600. The van der Waals surface area contributed by atoms with Gasteiger partial charge < -0.3 is 10.2 Å². The lowest BCUT2D eigenvalue weighted by Crippen LogP contribution is -2.59. The average Bonchev–Trinajstić information content (AvgIpc) is 2.81. The van der Waals surface area contributed by atoms with Gasteiger partial charge in [-0.1, -0.05) is 25.5 Å². The van der Waals surface area contributed by atoms with Crippen molar-refractivity contribution in [2.45, 2.75) is 83.1 Å². The Hall–Kier alpha value is -0.550. The first kappa shape index (κ1) is 17.8. The standard InChI is InChI=1S/C20H29F3O2/c1-17-8-5-13(24)11-12(17)3-4-14-15(17)6-9-18(2)16(14)7-10-19(18,25)20(21,22)23/h3,13-16,24-25H,4-11H2,1-2H3/t13-,14+,15-,16-,17-,18-,19-/m0/s1. The Morgan fingerprint density at radius 2 is 1.72 bits per heavy atom. The molecule has 3 fully saturated rings. The number of fused-ring (bicyclic) bond motifs is 5. The molecule has 0 bridgehead atoms. The normalized spacial score (nSPS) is 52.8. The predicted molar refractivity (Wildman–Crippen MR) is 88.7 cm³/mol. The number of halogens is 3. The molecule has 0 unspecified atom stereocenters. The lowest BCUT2D eigenvalue weighted by atomic mass is 9.47. The maximum absolute atomic E-state index is 13.7. The van der Waals surface area contributed by atoms with Crippen LogP contribution in [0.3, 0.4) is 0 Å². The van der Waals surface area contributed by atoms with E-state index in [9.17, 15) is 23.4 Å². The minimum absolute atomic E-state index is 0.0163. The van der Waals surface area contributed by atoms with Crippen molar-refractivity contribution in [2.24, 2.45) is 28.6 Å². The van der Waals surface area contributed by atoms with Crippen molar-refractivity contribution in [3.05, 3.63) is 11.6 Å². The summed E-state index contributed by atoms with van der Waals surface area (Å²) in [6.45, 7) is 3.94. The molecule has 2 N–H and O–H groups in total. The van der Waals surface area contributed by atoms with Gasteiger partial charge in [-0.2, -0.15) is 13.2 Å². The zero-order valence-corrected chi connectivity index (χ0v) is 15.1. The number of aliphatic hydroxyl groups is 2. The number of aliphatic hydroxyl groups excluding tert-OH is 1. The van der Waals surface area contributed by atoms with Gasteiger partial charge in [-0.15, -0.1) is 0 Å². The van der Waals surface area contributed by atoms with Crippen molar-refractivity contribution in [1.82, 2.24) is 0 Å². The lowest BCUT2D eigenvalue weighted by Gasteiger charge is -2.59. The SMILES string of the molecule is C[C@]12CC[C@H](O)CC1=CC[C@@H]1[C@@H]2CC[C@@]2(C)[C@H]1CC[C@@]2(O)C(F)(F)F. The molecular weight excluding hydrogens is 329 g/mol. The molecule has 3 saturated carbocycles. The highest BCUT2D eigenvalue weighted by Gasteiger charge is 2.72. The van der Waals surface area contributed by atoms with Crippen LogP contribution in [0, 0.1) is 28.6 Å². The fraction of sp³-hybridized carbons (Fsp3) is 0.900. The molecule has 0 aliphatic heterocycles. The van der Waals surface area contributed by atoms with Crippen LogP contribution in [0.25, 0.3) is 0 Å². The first-order chi connectivity index (χ1) is 11.5. The molecule has 0 spiro atoms. The van der Waals surface area contributed by atoms with E-state index in [0.29, 0.717) is 25.2 Å². The van der Waals surface area contributed by atoms with Gasteiger partial charge in [0.25, 0.3) is 0 Å². The van der Waals surface area contributed by atoms with Gasteiger partial charge >= 0.3 is 6.18 Å². The van der Waals surface area contributed by atoms with E-state index in [4.69, 9.17) is 0 Å². The van der Waals surface area contributed by atoms with Crippen molar-refractivity contribution in [3.63, 3.8) is 0 Å². The summed E-state index contributed by atoms with van der Waals surface area (Å²) in [5.74, 6) is 0.534. The topological polar surface area (TPSA) is 40.5 Å². The Morgan fingerprint density at radius 1 is 1.04 bits per heavy atom. The summed E-state index contributed by atoms with van der Waals surface area (Å²) in [6.07, 6.45) is 2.11. The predicted octanol–water partition coefficient (Wildman–Crippen LogP) is 4.60. The molecular formula is C20H29F3O2. The largest absolute Gasteiger partial charge is 0.417 e. The van der Waals surface area contributed by atoms with Gasteiger partial charge in [0.2, 0.25) is 0 Å². The molecule has 0 aromatic rings. The van der Waals surface area contributed by atoms with Crippen molar-refractivity contribution >= 4 is 0 Å². The maximum atomic E-state index is 13.7. The Labute approximate surface area is 147 Å². The fourth-order valence-corrected chi connectivity index (χ4v) is 7.12. The Morgan fingerprint density at radius 3 is 2.40 bits per heavy atom. The Kier molecular flexibility index (Phi) is 3.75. The van der Waals surface area contributed by atoms with Crippen LogP contribution >= 0.6 is 0 Å². The van der Waals surface area contributed by atoms with Gasteiger partial charge in [0.15, 0.2) is 5.60 Å². The number of allylic oxidation sites excluding steroid dienone is 1. The summed E-state index contributed by atoms with van der Waals surface area (Å²) in [7, 11) is 0. The van der Waals surface area contributed by atoms with Gasteiger partial charge in [0.1, 0.15) is 0 Å². The van der Waals surface area contributed by atoms with Crippen LogP contribution in [-0.2, 0) is 0 Å². The molecule has 0 radical (unpaired) electrons. The van der Waals surface area contributed by atoms with Crippen LogP contribution in [-0.4, -0.2) is 28.1 Å². The zero-order valence-electron chi connectivity index (χ0n) is 15.1. The second kappa shape index (κ2) is 5.25. The van der Waals surface area contributed by atoms with Gasteiger partial charge in [-0.3, -0.25) is 0 Å². The quantitative estimate of drug-likeness (QED) is 0.621. The van der Waals surface area contributed by atoms with Gasteiger partial charge in [-0.05, 0) is 74.5 Å². The first-order valence-corrected chi connectivity index (χ1v) is 9.70. The third-order valence-electron chi connectivity index (χ3n) is 8.70. The summed E-state index contributed by atoms with van der Waals surface area (Å²) in [6, 6.07) is 0. The first-order valence-electron chi connectivity index (χ1n) is 9.70. The second-order valence-electron chi connectivity index (χ2n) is 9.51. The van der Waals surface area contributed by atoms with Crippen molar-refractivity contribution in [1.29, 1.82) is 0 Å². The number of rotatable bonds is 0. The van der Waals surface area contributed by atoms with Gasteiger partial charge in [-0.25, -0.2) is 0 Å². The fourth-order valence-electron chi connectivity index (χ4n) is 7.12. The van der Waals surface area contributed by atoms with E-state index in [1.807, 2.05) is 0 Å². The molecule has 4 aliphatic rings. The molecule has 4 rings (SSSR count). The van der Waals surface area contributed by atoms with E-state index in [-0.39, 0.29) is 29.8 Å². The molecule has 0 amide bonds. The third-order valence-corrected chi connectivity index (χ3v) is 8.70. The summed E-state index contributed by atoms with van der Waals surface area (Å²) >= 11 is 0. The number of alkyl halides is 3. The van der Waals surface area contributed by atoms with E-state index < -0.39 is 17.2 Å². The van der Waals surface area contributed by atoms with Crippen LogP contribution < -0.4 is 0 Å². The summed E-state index contributed by atoms with van der Waals surface area (Å²) in [5.41, 5.74) is -2.27. The highest BCUT2D eigenvalue weighted by molar-refractivity contribution is 5.26. The summed E-state index contributed by atoms with van der Waals surface area (Å²) < 4.78 is 41.0. The second-order valence-corrected chi connectivity index (χ2v) is 9.51. The molecule has 0 saturated heterocycles. The minimum Gasteiger partial charge on any atom is -0.393 e. The van der Waals surface area contributed by atoms with Gasteiger partial charge in [0.05, 0.1) is 6.10 Å². The van der Waals surface area contributed by atoms with E-state index in [0.717, 1.165) is 25.7 Å². The molecule has 0 aromatic heterocycles. The molecule has 0 heterocycles.